The van der Waals surface area contributed by atoms with Gasteiger partial charge in [0, 0.05) is 33.8 Å². The third-order valence-electron chi connectivity index (χ3n) is 1.83. The highest BCUT2D eigenvalue weighted by Crippen LogP contribution is 2.20. The normalized spacial score (nSPS) is 13.1. The van der Waals surface area contributed by atoms with Crippen molar-refractivity contribution in [3.8, 4) is 0 Å². The molecule has 0 saturated heterocycles. The summed E-state index contributed by atoms with van der Waals surface area (Å²) in [6.45, 7) is 3.37. The van der Waals surface area contributed by atoms with Crippen LogP contribution in [0.15, 0.2) is 15.9 Å². The molecule has 5 heteroatoms. The van der Waals surface area contributed by atoms with Crippen molar-refractivity contribution in [2.75, 3.05) is 13.2 Å². The summed E-state index contributed by atoms with van der Waals surface area (Å²) in [4.78, 5) is 1.31. The van der Waals surface area contributed by atoms with Gasteiger partial charge in [-0.25, -0.2) is 0 Å². The van der Waals surface area contributed by atoms with Crippen molar-refractivity contribution < 1.29 is 4.74 Å². The highest BCUT2D eigenvalue weighted by Gasteiger charge is 2.08. The number of hydrogen-bond acceptors (Lipinski definition) is 4. The quantitative estimate of drug-likeness (QED) is 0.618. The summed E-state index contributed by atoms with van der Waals surface area (Å²) in [5.41, 5.74) is 2.76. The molecule has 3 N–H and O–H groups in total. The van der Waals surface area contributed by atoms with Crippen molar-refractivity contribution in [1.82, 2.24) is 5.43 Å². The van der Waals surface area contributed by atoms with Crippen molar-refractivity contribution in [1.29, 1.82) is 0 Å². The summed E-state index contributed by atoms with van der Waals surface area (Å²) in [5.74, 6) is 5.43. The minimum Gasteiger partial charge on any atom is -0.380 e. The van der Waals surface area contributed by atoms with Crippen molar-refractivity contribution in [3.63, 3.8) is 0 Å². The number of rotatable bonds is 6. The summed E-state index contributed by atoms with van der Waals surface area (Å²) in [6, 6.07) is 2.31. The lowest BCUT2D eigenvalue weighted by molar-refractivity contribution is 0.123. The summed E-state index contributed by atoms with van der Waals surface area (Å²) < 4.78 is 6.45. The minimum atomic E-state index is 0.195. The van der Waals surface area contributed by atoms with E-state index in [2.05, 4.69) is 32.8 Å². The molecule has 1 unspecified atom stereocenters. The number of ether oxygens (including phenoxy) is 1. The Morgan fingerprint density at radius 2 is 2.50 bits per heavy atom. The first-order chi connectivity index (χ1) is 6.76. The molecule has 80 valence electrons. The number of hydrazine groups is 1. The number of hydrogen-bond donors (Lipinski definition) is 2. The van der Waals surface area contributed by atoms with Crippen molar-refractivity contribution in [3.05, 3.63) is 20.8 Å². The Hall–Kier alpha value is 0.0600. The van der Waals surface area contributed by atoms with E-state index in [9.17, 15) is 0 Å². The third-order valence-corrected chi connectivity index (χ3v) is 3.55. The predicted octanol–water partition coefficient (Wildman–Crippen LogP) is 1.92. The van der Waals surface area contributed by atoms with E-state index in [1.165, 1.54) is 4.88 Å². The van der Waals surface area contributed by atoms with Crippen LogP contribution < -0.4 is 11.3 Å². The highest BCUT2D eigenvalue weighted by molar-refractivity contribution is 9.10. The molecule has 1 aromatic rings. The molecule has 1 atom stereocenters. The Labute approximate surface area is 96.7 Å². The summed E-state index contributed by atoms with van der Waals surface area (Å²) >= 11 is 5.15. The van der Waals surface area contributed by atoms with Gasteiger partial charge >= 0.3 is 0 Å². The van der Waals surface area contributed by atoms with Gasteiger partial charge in [0.25, 0.3) is 0 Å². The molecule has 0 fully saturated rings. The van der Waals surface area contributed by atoms with Gasteiger partial charge < -0.3 is 4.74 Å². The zero-order valence-corrected chi connectivity index (χ0v) is 10.5. The summed E-state index contributed by atoms with van der Waals surface area (Å²) in [6.07, 6.45) is 0.909. The lowest BCUT2D eigenvalue weighted by Crippen LogP contribution is -2.40. The lowest BCUT2D eigenvalue weighted by Gasteiger charge is -2.14. The van der Waals surface area contributed by atoms with Crippen LogP contribution in [0.2, 0.25) is 0 Å². The first-order valence-electron chi connectivity index (χ1n) is 4.53. The van der Waals surface area contributed by atoms with Crippen molar-refractivity contribution in [2.24, 2.45) is 5.84 Å². The molecule has 0 aliphatic carbocycles. The van der Waals surface area contributed by atoms with Crippen LogP contribution in [0.3, 0.4) is 0 Å². The van der Waals surface area contributed by atoms with Crippen molar-refractivity contribution >= 4 is 27.3 Å². The van der Waals surface area contributed by atoms with Gasteiger partial charge in [0.15, 0.2) is 0 Å². The number of nitrogens with one attached hydrogen (secondary N) is 1. The van der Waals surface area contributed by atoms with E-state index in [-0.39, 0.29) is 6.04 Å². The minimum absolute atomic E-state index is 0.195. The summed E-state index contributed by atoms with van der Waals surface area (Å²) in [5, 5.41) is 2.07. The first kappa shape index (κ1) is 12.1. The van der Waals surface area contributed by atoms with Crippen LogP contribution in [0.4, 0.5) is 0 Å². The van der Waals surface area contributed by atoms with Gasteiger partial charge in [-0.15, -0.1) is 11.3 Å². The molecule has 0 radical (unpaired) electrons. The fourth-order valence-corrected chi connectivity index (χ4v) is 2.66. The van der Waals surface area contributed by atoms with Crippen LogP contribution in [-0.2, 0) is 11.2 Å². The monoisotopic (exact) mass is 278 g/mol. The van der Waals surface area contributed by atoms with E-state index >= 15 is 0 Å². The second-order valence-corrected chi connectivity index (χ2v) is 4.87. The van der Waals surface area contributed by atoms with Crippen LogP contribution in [-0.4, -0.2) is 19.3 Å². The molecule has 1 aromatic heterocycles. The molecule has 14 heavy (non-hydrogen) atoms. The van der Waals surface area contributed by atoms with Gasteiger partial charge in [0.2, 0.25) is 0 Å². The van der Waals surface area contributed by atoms with Gasteiger partial charge in [0.1, 0.15) is 0 Å². The predicted molar refractivity (Wildman–Crippen MR) is 63.3 cm³/mol. The molecule has 1 rings (SSSR count). The SMILES string of the molecule is CCOCC(Cc1cc(Br)cs1)NN. The molecule has 1 heterocycles. The first-order valence-corrected chi connectivity index (χ1v) is 6.20. The zero-order valence-electron chi connectivity index (χ0n) is 8.13. The second-order valence-electron chi connectivity index (χ2n) is 2.96. The average Bonchev–Trinajstić information content (AvgIpc) is 2.58. The number of thiophene rings is 1. The van der Waals surface area contributed by atoms with E-state index in [1.54, 1.807) is 11.3 Å². The number of nitrogens with two attached hydrogens (primary N) is 1. The van der Waals surface area contributed by atoms with Crippen molar-refractivity contribution in [2.45, 2.75) is 19.4 Å². The second kappa shape index (κ2) is 6.53. The Kier molecular flexibility index (Phi) is 5.66. The van der Waals surface area contributed by atoms with E-state index in [1.807, 2.05) is 6.92 Å². The standard InChI is InChI=1S/C9H15BrN2OS/c1-2-13-5-8(12-11)4-9-3-7(10)6-14-9/h3,6,8,12H,2,4-5,11H2,1H3. The van der Waals surface area contributed by atoms with Gasteiger partial charge in [-0.3, -0.25) is 11.3 Å². The van der Waals surface area contributed by atoms with E-state index in [0.29, 0.717) is 6.61 Å². The molecule has 0 saturated carbocycles. The Morgan fingerprint density at radius 1 is 1.71 bits per heavy atom. The molecule has 3 nitrogen and oxygen atoms in total. The number of halogens is 1. The molecule has 0 bridgehead atoms. The summed E-state index contributed by atoms with van der Waals surface area (Å²) in [7, 11) is 0. The topological polar surface area (TPSA) is 47.3 Å². The maximum absolute atomic E-state index is 5.43. The molecule has 0 spiro atoms. The Balaban J connectivity index is 2.40. The molecule has 0 aliphatic rings. The van der Waals surface area contributed by atoms with Gasteiger partial charge in [-0.05, 0) is 28.9 Å². The van der Waals surface area contributed by atoms with Crippen LogP contribution in [0.1, 0.15) is 11.8 Å². The smallest absolute Gasteiger partial charge is 0.0636 e. The van der Waals surface area contributed by atoms with E-state index in [4.69, 9.17) is 10.6 Å². The maximum Gasteiger partial charge on any atom is 0.0636 e. The van der Waals surface area contributed by atoms with Gasteiger partial charge in [-0.1, -0.05) is 0 Å². The molecule has 0 aliphatic heterocycles. The maximum atomic E-state index is 5.43. The van der Waals surface area contributed by atoms with Gasteiger partial charge in [-0.2, -0.15) is 0 Å². The fourth-order valence-electron chi connectivity index (χ4n) is 1.13. The molecule has 0 amide bonds. The van der Waals surface area contributed by atoms with Gasteiger partial charge in [0.05, 0.1) is 6.61 Å². The van der Waals surface area contributed by atoms with E-state index < -0.39 is 0 Å². The van der Waals surface area contributed by atoms with Crippen LogP contribution in [0, 0.1) is 0 Å². The zero-order chi connectivity index (χ0) is 10.4. The molecular formula is C9H15BrN2OS. The lowest BCUT2D eigenvalue weighted by atomic mass is 10.2. The van der Waals surface area contributed by atoms with Crippen LogP contribution in [0.5, 0.6) is 0 Å². The van der Waals surface area contributed by atoms with Crippen LogP contribution in [0.25, 0.3) is 0 Å². The Bertz CT molecular complexity index is 267. The molecule has 0 aromatic carbocycles. The fraction of sp³-hybridized carbons (Fsp3) is 0.556. The van der Waals surface area contributed by atoms with E-state index in [0.717, 1.165) is 17.5 Å². The Morgan fingerprint density at radius 3 is 3.00 bits per heavy atom. The largest absolute Gasteiger partial charge is 0.380 e. The average molecular weight is 279 g/mol. The third kappa shape index (κ3) is 4.06. The highest BCUT2D eigenvalue weighted by atomic mass is 79.9. The molecular weight excluding hydrogens is 264 g/mol. The van der Waals surface area contributed by atoms with Crippen LogP contribution >= 0.6 is 27.3 Å².